The molecule has 4 aromatic rings. The van der Waals surface area contributed by atoms with E-state index >= 15 is 0 Å². The zero-order chi connectivity index (χ0) is 24.7. The van der Waals surface area contributed by atoms with Crippen LogP contribution in [0.3, 0.4) is 0 Å². The number of allylic oxidation sites excluding steroid dienone is 2. The first-order valence-corrected chi connectivity index (χ1v) is 12.7. The van der Waals surface area contributed by atoms with Gasteiger partial charge in [0.2, 0.25) is 11.6 Å². The summed E-state index contributed by atoms with van der Waals surface area (Å²) in [5.41, 5.74) is 4.18. The van der Waals surface area contributed by atoms with Gasteiger partial charge < -0.3 is 0 Å². The summed E-state index contributed by atoms with van der Waals surface area (Å²) >= 11 is 0. The third-order valence-corrected chi connectivity index (χ3v) is 6.87. The minimum Gasteiger partial charge on any atom is -0.291 e. The van der Waals surface area contributed by atoms with Crippen LogP contribution in [-0.4, -0.2) is 41.2 Å². The minimum atomic E-state index is 0.0660. The normalized spacial score (nSPS) is 14.5. The van der Waals surface area contributed by atoms with Crippen molar-refractivity contribution >= 4 is 5.78 Å². The second-order valence-electron chi connectivity index (χ2n) is 9.40. The summed E-state index contributed by atoms with van der Waals surface area (Å²) in [5, 5.41) is 18.9. The topological polar surface area (TPSA) is 102 Å². The molecule has 2 aromatic carbocycles. The lowest BCUT2D eigenvalue weighted by atomic mass is 9.86. The second-order valence-corrected chi connectivity index (χ2v) is 9.40. The van der Waals surface area contributed by atoms with Crippen molar-refractivity contribution in [3.05, 3.63) is 77.9 Å². The molecule has 184 valence electrons. The Morgan fingerprint density at radius 3 is 2.56 bits per heavy atom. The molecule has 2 aromatic heterocycles. The maximum Gasteiger partial charge on any atom is 0.217 e. The fraction of sp³-hybridized carbons (Fsp3) is 0.357. The van der Waals surface area contributed by atoms with E-state index < -0.39 is 0 Å². The van der Waals surface area contributed by atoms with E-state index in [4.69, 9.17) is 4.98 Å². The van der Waals surface area contributed by atoms with Crippen LogP contribution in [-0.2, 0) is 13.0 Å². The van der Waals surface area contributed by atoms with E-state index in [2.05, 4.69) is 56.1 Å². The summed E-state index contributed by atoms with van der Waals surface area (Å²) in [7, 11) is 0. The third kappa shape index (κ3) is 5.48. The van der Waals surface area contributed by atoms with Gasteiger partial charge in [-0.15, -0.1) is 10.2 Å². The van der Waals surface area contributed by atoms with Crippen molar-refractivity contribution in [1.29, 1.82) is 0 Å². The molecular weight excluding hydrogens is 450 g/mol. The Balaban J connectivity index is 1.35. The average Bonchev–Trinajstić information content (AvgIpc) is 3.59. The Labute approximate surface area is 210 Å². The van der Waals surface area contributed by atoms with Crippen LogP contribution >= 0.6 is 0 Å². The molecule has 0 atom stereocenters. The predicted octanol–water partition coefficient (Wildman–Crippen LogP) is 5.45. The van der Waals surface area contributed by atoms with Gasteiger partial charge in [0.1, 0.15) is 5.82 Å². The van der Waals surface area contributed by atoms with Crippen LogP contribution in [0, 0.1) is 5.92 Å². The molecule has 1 N–H and O–H groups in total. The van der Waals surface area contributed by atoms with Crippen molar-refractivity contribution in [2.45, 2.75) is 58.4 Å². The van der Waals surface area contributed by atoms with E-state index in [1.165, 1.54) is 19.3 Å². The molecule has 36 heavy (non-hydrogen) atoms. The molecule has 1 aliphatic rings. The second kappa shape index (κ2) is 11.2. The number of H-pyrrole nitrogens is 1. The van der Waals surface area contributed by atoms with Gasteiger partial charge in [0.15, 0.2) is 5.82 Å². The van der Waals surface area contributed by atoms with Gasteiger partial charge >= 0.3 is 0 Å². The van der Waals surface area contributed by atoms with Gasteiger partial charge in [0.25, 0.3) is 0 Å². The van der Waals surface area contributed by atoms with E-state index in [9.17, 15) is 4.79 Å². The number of nitrogens with one attached hydrogen (secondary N) is 1. The van der Waals surface area contributed by atoms with Crippen LogP contribution in [0.4, 0.5) is 0 Å². The fourth-order valence-corrected chi connectivity index (χ4v) is 4.92. The lowest BCUT2D eigenvalue weighted by molar-refractivity contribution is 0.0939. The van der Waals surface area contributed by atoms with Gasteiger partial charge in [-0.1, -0.05) is 92.8 Å². The Kier molecular flexibility index (Phi) is 7.40. The van der Waals surface area contributed by atoms with Crippen LogP contribution in [0.1, 0.15) is 67.5 Å². The monoisotopic (exact) mass is 481 g/mol. The lowest BCUT2D eigenvalue weighted by Gasteiger charge is -2.19. The van der Waals surface area contributed by atoms with E-state index in [0.29, 0.717) is 37.0 Å². The summed E-state index contributed by atoms with van der Waals surface area (Å²) in [4.78, 5) is 17.7. The molecule has 0 amide bonds. The van der Waals surface area contributed by atoms with Gasteiger partial charge in [0, 0.05) is 18.4 Å². The first-order chi connectivity index (χ1) is 17.7. The van der Waals surface area contributed by atoms with Crippen molar-refractivity contribution in [2.75, 3.05) is 0 Å². The maximum atomic E-state index is 13.0. The Bertz CT molecular complexity index is 1320. The van der Waals surface area contributed by atoms with Crippen molar-refractivity contribution in [3.63, 3.8) is 0 Å². The Morgan fingerprint density at radius 2 is 1.83 bits per heavy atom. The van der Waals surface area contributed by atoms with E-state index in [0.717, 1.165) is 40.9 Å². The SMILES string of the molecule is CC=CCn1nc(C(=O)CC2CCCCC2)nc1Cc1ccc(-c2ccccc2-c2nnn[nH]2)cc1. The smallest absolute Gasteiger partial charge is 0.217 e. The van der Waals surface area contributed by atoms with Crippen LogP contribution in [0.15, 0.2) is 60.7 Å². The average molecular weight is 482 g/mol. The van der Waals surface area contributed by atoms with Gasteiger partial charge in [-0.3, -0.25) is 4.79 Å². The molecule has 0 aliphatic heterocycles. The summed E-state index contributed by atoms with van der Waals surface area (Å²) in [6, 6.07) is 16.4. The quantitative estimate of drug-likeness (QED) is 0.252. The highest BCUT2D eigenvalue weighted by atomic mass is 16.1. The molecule has 0 radical (unpaired) electrons. The van der Waals surface area contributed by atoms with Gasteiger partial charge in [-0.25, -0.2) is 14.8 Å². The third-order valence-electron chi connectivity index (χ3n) is 6.87. The standard InChI is InChI=1S/C28H31N7O/c1-2-3-17-35-26(29-28(32-35)25(36)18-20-9-5-4-6-10-20)19-21-13-15-22(16-14-21)23-11-7-8-12-24(23)27-30-33-34-31-27/h2-3,7-8,11-16,20H,4-6,9-10,17-19H2,1H3,(H,30,31,33,34). The van der Waals surface area contributed by atoms with Crippen LogP contribution in [0.25, 0.3) is 22.5 Å². The van der Waals surface area contributed by atoms with Crippen LogP contribution < -0.4 is 0 Å². The molecule has 2 heterocycles. The number of ketones is 1. The molecule has 0 unspecified atom stereocenters. The van der Waals surface area contributed by atoms with E-state index in [1.807, 2.05) is 42.0 Å². The lowest BCUT2D eigenvalue weighted by Crippen LogP contribution is -2.13. The fourth-order valence-electron chi connectivity index (χ4n) is 4.92. The maximum absolute atomic E-state index is 13.0. The van der Waals surface area contributed by atoms with Crippen molar-refractivity contribution in [3.8, 4) is 22.5 Å². The molecular formula is C28H31N7O. The molecule has 8 heteroatoms. The van der Waals surface area contributed by atoms with Crippen molar-refractivity contribution < 1.29 is 4.79 Å². The summed E-state index contributed by atoms with van der Waals surface area (Å²) < 4.78 is 1.86. The number of carbonyl (C=O) groups is 1. The highest BCUT2D eigenvalue weighted by molar-refractivity contribution is 5.92. The summed E-state index contributed by atoms with van der Waals surface area (Å²) in [6.45, 7) is 2.59. The number of hydrogen-bond acceptors (Lipinski definition) is 6. The van der Waals surface area contributed by atoms with E-state index in [-0.39, 0.29) is 5.78 Å². The number of aromatic nitrogens is 7. The zero-order valence-electron chi connectivity index (χ0n) is 20.6. The van der Waals surface area contributed by atoms with Crippen LogP contribution in [0.5, 0.6) is 0 Å². The Hall–Kier alpha value is -3.94. The minimum absolute atomic E-state index is 0.0660. The zero-order valence-corrected chi connectivity index (χ0v) is 20.6. The first kappa shape index (κ1) is 23.8. The molecule has 1 fully saturated rings. The van der Waals surface area contributed by atoms with Crippen molar-refractivity contribution in [2.24, 2.45) is 5.92 Å². The number of carbonyl (C=O) groups excluding carboxylic acids is 1. The number of rotatable bonds is 9. The molecule has 5 rings (SSSR count). The number of nitrogens with zero attached hydrogens (tertiary/aromatic N) is 6. The predicted molar refractivity (Wildman–Crippen MR) is 138 cm³/mol. The van der Waals surface area contributed by atoms with E-state index in [1.54, 1.807) is 0 Å². The summed E-state index contributed by atoms with van der Waals surface area (Å²) in [6.07, 6.45) is 11.2. The molecule has 0 spiro atoms. The van der Waals surface area contributed by atoms with Crippen LogP contribution in [0.2, 0.25) is 0 Å². The summed E-state index contributed by atoms with van der Waals surface area (Å²) in [5.74, 6) is 2.33. The van der Waals surface area contributed by atoms with Gasteiger partial charge in [-0.2, -0.15) is 0 Å². The number of hydrogen-bond donors (Lipinski definition) is 1. The number of benzene rings is 2. The van der Waals surface area contributed by atoms with Gasteiger partial charge in [0.05, 0.1) is 6.54 Å². The molecule has 1 saturated carbocycles. The number of tetrazole rings is 1. The van der Waals surface area contributed by atoms with Crippen molar-refractivity contribution in [1.82, 2.24) is 35.4 Å². The number of Topliss-reactive ketones (excluding diaryl/α,β-unsaturated/α-hetero) is 1. The largest absolute Gasteiger partial charge is 0.291 e. The van der Waals surface area contributed by atoms with Gasteiger partial charge in [-0.05, 0) is 40.0 Å². The molecule has 8 nitrogen and oxygen atoms in total. The number of aromatic amines is 1. The molecule has 0 saturated heterocycles. The molecule has 1 aliphatic carbocycles. The highest BCUT2D eigenvalue weighted by Crippen LogP contribution is 2.30. The highest BCUT2D eigenvalue weighted by Gasteiger charge is 2.22. The first-order valence-electron chi connectivity index (χ1n) is 12.7. The Morgan fingerprint density at radius 1 is 1.06 bits per heavy atom. The molecule has 0 bridgehead atoms.